The molecule has 0 aromatic heterocycles. The lowest BCUT2D eigenvalue weighted by Crippen LogP contribution is -2.51. The third-order valence-electron chi connectivity index (χ3n) is 2.94. The van der Waals surface area contributed by atoms with Crippen molar-refractivity contribution in [3.63, 3.8) is 0 Å². The highest BCUT2D eigenvalue weighted by atomic mass is 15.3. The van der Waals surface area contributed by atoms with Crippen LogP contribution in [0, 0.1) is 0 Å². The SMILES string of the molecule is C=CCNCCN1CCN(C)C(C)C1. The molecule has 0 radical (unpaired) electrons. The van der Waals surface area contributed by atoms with Crippen molar-refractivity contribution in [2.45, 2.75) is 13.0 Å². The number of likely N-dealkylation sites (N-methyl/N-ethyl adjacent to an activating group) is 1. The summed E-state index contributed by atoms with van der Waals surface area (Å²) in [5.74, 6) is 0. The second kappa shape index (κ2) is 6.17. The zero-order chi connectivity index (χ0) is 10.4. The molecule has 0 saturated carbocycles. The quantitative estimate of drug-likeness (QED) is 0.508. The molecule has 0 aromatic carbocycles. The fraction of sp³-hybridized carbons (Fsp3) is 0.818. The van der Waals surface area contributed by atoms with E-state index in [9.17, 15) is 0 Å². The molecule has 1 saturated heterocycles. The van der Waals surface area contributed by atoms with Gasteiger partial charge in [0.05, 0.1) is 0 Å². The molecule has 1 aliphatic rings. The highest BCUT2D eigenvalue weighted by molar-refractivity contribution is 4.77. The molecule has 3 nitrogen and oxygen atoms in total. The molecule has 1 fully saturated rings. The standard InChI is InChI=1S/C11H23N3/c1-4-5-12-6-7-14-9-8-13(3)11(2)10-14/h4,11-12H,1,5-10H2,2-3H3. The molecule has 82 valence electrons. The van der Waals surface area contributed by atoms with E-state index >= 15 is 0 Å². The third-order valence-corrected chi connectivity index (χ3v) is 2.94. The molecule has 1 atom stereocenters. The summed E-state index contributed by atoms with van der Waals surface area (Å²) in [6, 6.07) is 0.697. The number of nitrogens with zero attached hydrogens (tertiary/aromatic N) is 2. The lowest BCUT2D eigenvalue weighted by molar-refractivity contribution is 0.106. The number of piperazine rings is 1. The van der Waals surface area contributed by atoms with Gasteiger partial charge in [0, 0.05) is 45.3 Å². The maximum atomic E-state index is 3.68. The van der Waals surface area contributed by atoms with Crippen molar-refractivity contribution in [1.82, 2.24) is 15.1 Å². The van der Waals surface area contributed by atoms with Crippen molar-refractivity contribution >= 4 is 0 Å². The van der Waals surface area contributed by atoms with Crippen molar-refractivity contribution in [3.05, 3.63) is 12.7 Å². The zero-order valence-corrected chi connectivity index (χ0v) is 9.50. The molecular weight excluding hydrogens is 174 g/mol. The van der Waals surface area contributed by atoms with E-state index < -0.39 is 0 Å². The largest absolute Gasteiger partial charge is 0.312 e. The van der Waals surface area contributed by atoms with E-state index in [0.29, 0.717) is 6.04 Å². The molecule has 1 unspecified atom stereocenters. The van der Waals surface area contributed by atoms with Gasteiger partial charge < -0.3 is 10.2 Å². The molecule has 3 heteroatoms. The third kappa shape index (κ3) is 3.78. The Morgan fingerprint density at radius 1 is 1.50 bits per heavy atom. The number of hydrogen-bond donors (Lipinski definition) is 1. The molecule has 0 amide bonds. The van der Waals surface area contributed by atoms with Crippen LogP contribution in [-0.2, 0) is 0 Å². The molecule has 0 aliphatic carbocycles. The van der Waals surface area contributed by atoms with Crippen LogP contribution in [0.15, 0.2) is 12.7 Å². The number of hydrogen-bond acceptors (Lipinski definition) is 3. The lowest BCUT2D eigenvalue weighted by Gasteiger charge is -2.37. The fourth-order valence-corrected chi connectivity index (χ4v) is 1.77. The van der Waals surface area contributed by atoms with Crippen molar-refractivity contribution in [1.29, 1.82) is 0 Å². The van der Waals surface area contributed by atoms with Gasteiger partial charge in [0.25, 0.3) is 0 Å². The smallest absolute Gasteiger partial charge is 0.0192 e. The first-order chi connectivity index (χ1) is 6.74. The van der Waals surface area contributed by atoms with Gasteiger partial charge in [-0.15, -0.1) is 6.58 Å². The van der Waals surface area contributed by atoms with E-state index in [0.717, 1.165) is 19.6 Å². The van der Waals surface area contributed by atoms with Crippen LogP contribution in [0.5, 0.6) is 0 Å². The molecule has 1 heterocycles. The monoisotopic (exact) mass is 197 g/mol. The first-order valence-corrected chi connectivity index (χ1v) is 5.48. The Kier molecular flexibility index (Phi) is 5.15. The van der Waals surface area contributed by atoms with Gasteiger partial charge in [0.2, 0.25) is 0 Å². The van der Waals surface area contributed by atoms with Crippen LogP contribution in [0.3, 0.4) is 0 Å². The molecule has 0 spiro atoms. The summed E-state index contributed by atoms with van der Waals surface area (Å²) >= 11 is 0. The average molecular weight is 197 g/mol. The summed E-state index contributed by atoms with van der Waals surface area (Å²) in [7, 11) is 2.21. The van der Waals surface area contributed by atoms with E-state index in [-0.39, 0.29) is 0 Å². The van der Waals surface area contributed by atoms with Crippen molar-refractivity contribution in [3.8, 4) is 0 Å². The average Bonchev–Trinajstić information content (AvgIpc) is 2.18. The highest BCUT2D eigenvalue weighted by Crippen LogP contribution is 2.05. The van der Waals surface area contributed by atoms with Crippen LogP contribution in [0.2, 0.25) is 0 Å². The molecule has 1 N–H and O–H groups in total. The lowest BCUT2D eigenvalue weighted by atomic mass is 10.2. The minimum atomic E-state index is 0.697. The Labute approximate surface area is 87.8 Å². The Bertz CT molecular complexity index is 170. The van der Waals surface area contributed by atoms with E-state index in [1.165, 1.54) is 19.6 Å². The number of rotatable bonds is 5. The maximum Gasteiger partial charge on any atom is 0.0192 e. The fourth-order valence-electron chi connectivity index (χ4n) is 1.77. The van der Waals surface area contributed by atoms with Crippen LogP contribution < -0.4 is 5.32 Å². The summed E-state index contributed by atoms with van der Waals surface area (Å²) in [6.07, 6.45) is 1.91. The van der Waals surface area contributed by atoms with E-state index in [2.05, 4.69) is 35.7 Å². The molecular formula is C11H23N3. The Balaban J connectivity index is 2.10. The highest BCUT2D eigenvalue weighted by Gasteiger charge is 2.19. The Morgan fingerprint density at radius 2 is 2.29 bits per heavy atom. The van der Waals surface area contributed by atoms with Gasteiger partial charge in [-0.1, -0.05) is 6.08 Å². The van der Waals surface area contributed by atoms with Gasteiger partial charge in [-0.2, -0.15) is 0 Å². The molecule has 1 rings (SSSR count). The van der Waals surface area contributed by atoms with Gasteiger partial charge in [0.1, 0.15) is 0 Å². The van der Waals surface area contributed by atoms with Gasteiger partial charge in [-0.05, 0) is 14.0 Å². The summed E-state index contributed by atoms with van der Waals surface area (Å²) in [6.45, 7) is 12.7. The maximum absolute atomic E-state index is 3.68. The number of nitrogens with one attached hydrogen (secondary N) is 1. The topological polar surface area (TPSA) is 18.5 Å². The van der Waals surface area contributed by atoms with E-state index in [1.54, 1.807) is 0 Å². The van der Waals surface area contributed by atoms with Gasteiger partial charge in [-0.25, -0.2) is 0 Å². The second-order valence-corrected chi connectivity index (χ2v) is 4.12. The van der Waals surface area contributed by atoms with Crippen LogP contribution >= 0.6 is 0 Å². The predicted octanol–water partition coefficient (Wildman–Crippen LogP) is 0.398. The molecule has 0 aromatic rings. The van der Waals surface area contributed by atoms with Crippen LogP contribution in [0.4, 0.5) is 0 Å². The van der Waals surface area contributed by atoms with E-state index in [4.69, 9.17) is 0 Å². The summed E-state index contributed by atoms with van der Waals surface area (Å²) < 4.78 is 0. The van der Waals surface area contributed by atoms with E-state index in [1.807, 2.05) is 6.08 Å². The van der Waals surface area contributed by atoms with Crippen molar-refractivity contribution < 1.29 is 0 Å². The summed E-state index contributed by atoms with van der Waals surface area (Å²) in [4.78, 5) is 4.95. The first kappa shape index (κ1) is 11.7. The van der Waals surface area contributed by atoms with Crippen molar-refractivity contribution in [2.75, 3.05) is 46.3 Å². The van der Waals surface area contributed by atoms with Gasteiger partial charge >= 0.3 is 0 Å². The molecule has 0 bridgehead atoms. The first-order valence-electron chi connectivity index (χ1n) is 5.48. The minimum Gasteiger partial charge on any atom is -0.312 e. The predicted molar refractivity (Wildman–Crippen MR) is 61.6 cm³/mol. The van der Waals surface area contributed by atoms with Crippen LogP contribution in [0.1, 0.15) is 6.92 Å². The molecule has 1 aliphatic heterocycles. The van der Waals surface area contributed by atoms with Gasteiger partial charge in [-0.3, -0.25) is 4.90 Å². The van der Waals surface area contributed by atoms with Gasteiger partial charge in [0.15, 0.2) is 0 Å². The molecule has 14 heavy (non-hydrogen) atoms. The zero-order valence-electron chi connectivity index (χ0n) is 9.50. The van der Waals surface area contributed by atoms with Crippen LogP contribution in [0.25, 0.3) is 0 Å². The Hall–Kier alpha value is -0.380. The normalized spacial score (nSPS) is 25.1. The summed E-state index contributed by atoms with van der Waals surface area (Å²) in [5, 5.41) is 3.34. The van der Waals surface area contributed by atoms with Crippen molar-refractivity contribution in [2.24, 2.45) is 0 Å². The second-order valence-electron chi connectivity index (χ2n) is 4.12. The summed E-state index contributed by atoms with van der Waals surface area (Å²) in [5.41, 5.74) is 0. The van der Waals surface area contributed by atoms with Crippen LogP contribution in [-0.4, -0.2) is 62.2 Å². The minimum absolute atomic E-state index is 0.697. The Morgan fingerprint density at radius 3 is 2.93 bits per heavy atom.